The lowest BCUT2D eigenvalue weighted by molar-refractivity contribution is -0.120. The molecule has 0 saturated carbocycles. The van der Waals surface area contributed by atoms with Gasteiger partial charge < -0.3 is 10.2 Å². The molecule has 0 bridgehead atoms. The van der Waals surface area contributed by atoms with E-state index in [0.717, 1.165) is 43.0 Å². The maximum absolute atomic E-state index is 13.3. The van der Waals surface area contributed by atoms with E-state index in [1.54, 1.807) is 18.5 Å². The lowest BCUT2D eigenvalue weighted by atomic mass is 9.95. The fraction of sp³-hybridized carbons (Fsp3) is 0.227. The number of rotatable bonds is 4. The van der Waals surface area contributed by atoms with Crippen molar-refractivity contribution >= 4 is 17.4 Å². The van der Waals surface area contributed by atoms with Crippen LogP contribution in [0.25, 0.3) is 11.3 Å². The van der Waals surface area contributed by atoms with E-state index in [0.29, 0.717) is 5.69 Å². The Kier molecular flexibility index (Phi) is 5.28. The number of amides is 1. The lowest BCUT2D eigenvalue weighted by Gasteiger charge is -2.32. The number of halogens is 1. The Labute approximate surface area is 163 Å². The highest BCUT2D eigenvalue weighted by Gasteiger charge is 2.26. The van der Waals surface area contributed by atoms with Crippen molar-refractivity contribution in [3.8, 4) is 11.3 Å². The van der Waals surface area contributed by atoms with Gasteiger partial charge in [0.25, 0.3) is 0 Å². The van der Waals surface area contributed by atoms with E-state index in [4.69, 9.17) is 0 Å². The second-order valence-electron chi connectivity index (χ2n) is 6.89. The molecular formula is C22H21FN4O. The van der Waals surface area contributed by atoms with Gasteiger partial charge in [-0.05, 0) is 31.0 Å². The van der Waals surface area contributed by atoms with Crippen LogP contribution in [0.4, 0.5) is 15.9 Å². The molecule has 4 rings (SSSR count). The van der Waals surface area contributed by atoms with E-state index in [9.17, 15) is 9.18 Å². The highest BCUT2D eigenvalue weighted by atomic mass is 19.1. The maximum Gasteiger partial charge on any atom is 0.227 e. The van der Waals surface area contributed by atoms with Gasteiger partial charge in [-0.15, -0.1) is 0 Å². The monoisotopic (exact) mass is 376 g/mol. The zero-order valence-electron chi connectivity index (χ0n) is 15.4. The second-order valence-corrected chi connectivity index (χ2v) is 6.89. The molecule has 1 aromatic heterocycles. The van der Waals surface area contributed by atoms with Crippen LogP contribution in [0, 0.1) is 11.7 Å². The van der Waals surface area contributed by atoms with Crippen LogP contribution in [0.2, 0.25) is 0 Å². The van der Waals surface area contributed by atoms with Crippen molar-refractivity contribution in [1.82, 2.24) is 9.97 Å². The van der Waals surface area contributed by atoms with Gasteiger partial charge >= 0.3 is 0 Å². The van der Waals surface area contributed by atoms with Crippen molar-refractivity contribution in [2.24, 2.45) is 5.92 Å². The van der Waals surface area contributed by atoms with Gasteiger partial charge in [0.05, 0.1) is 5.69 Å². The van der Waals surface area contributed by atoms with Crippen LogP contribution in [0.15, 0.2) is 67.0 Å². The van der Waals surface area contributed by atoms with Crippen molar-refractivity contribution < 1.29 is 9.18 Å². The molecule has 5 nitrogen and oxygen atoms in total. The molecule has 0 spiro atoms. The predicted octanol–water partition coefficient (Wildman–Crippen LogP) is 4.14. The van der Waals surface area contributed by atoms with Crippen LogP contribution >= 0.6 is 0 Å². The third kappa shape index (κ3) is 4.17. The molecule has 1 saturated heterocycles. The Bertz CT molecular complexity index is 956. The summed E-state index contributed by atoms with van der Waals surface area (Å²) in [6.07, 6.45) is 3.04. The van der Waals surface area contributed by atoms with Crippen molar-refractivity contribution in [3.05, 3.63) is 72.8 Å². The van der Waals surface area contributed by atoms with Gasteiger partial charge in [0.2, 0.25) is 5.91 Å². The molecule has 0 unspecified atom stereocenters. The molecule has 2 heterocycles. The van der Waals surface area contributed by atoms with Crippen LogP contribution in [0.5, 0.6) is 0 Å². The highest BCUT2D eigenvalue weighted by molar-refractivity contribution is 5.92. The minimum atomic E-state index is -0.356. The largest absolute Gasteiger partial charge is 0.356 e. The van der Waals surface area contributed by atoms with E-state index >= 15 is 0 Å². The maximum atomic E-state index is 13.3. The summed E-state index contributed by atoms with van der Waals surface area (Å²) in [6.45, 7) is 1.49. The standard InChI is InChI=1S/C22H21FN4O/c23-18-7-4-8-19(13-18)26-22(28)17-9-11-27(12-10-17)21-14-20(24-15-25-21)16-5-2-1-3-6-16/h1-8,13-15,17H,9-12H2,(H,26,28). The predicted molar refractivity (Wildman–Crippen MR) is 107 cm³/mol. The molecule has 1 fully saturated rings. The molecule has 0 aliphatic carbocycles. The number of hydrogen-bond acceptors (Lipinski definition) is 4. The third-order valence-electron chi connectivity index (χ3n) is 5.00. The fourth-order valence-electron chi connectivity index (χ4n) is 3.47. The van der Waals surface area contributed by atoms with Gasteiger partial charge in [0.15, 0.2) is 0 Å². The minimum absolute atomic E-state index is 0.0575. The van der Waals surface area contributed by atoms with Crippen LogP contribution in [-0.2, 0) is 4.79 Å². The SMILES string of the molecule is O=C(Nc1cccc(F)c1)C1CCN(c2cc(-c3ccccc3)ncn2)CC1. The molecule has 3 aromatic rings. The highest BCUT2D eigenvalue weighted by Crippen LogP contribution is 2.25. The van der Waals surface area contributed by atoms with Gasteiger partial charge in [-0.2, -0.15) is 0 Å². The van der Waals surface area contributed by atoms with E-state index in [2.05, 4.69) is 20.2 Å². The van der Waals surface area contributed by atoms with Crippen LogP contribution in [0.1, 0.15) is 12.8 Å². The molecule has 0 atom stereocenters. The number of anilines is 2. The summed E-state index contributed by atoms with van der Waals surface area (Å²) in [6, 6.07) is 18.0. The Morgan fingerprint density at radius 3 is 2.54 bits per heavy atom. The normalized spacial score (nSPS) is 14.7. The van der Waals surface area contributed by atoms with Crippen molar-refractivity contribution in [2.45, 2.75) is 12.8 Å². The zero-order chi connectivity index (χ0) is 19.3. The van der Waals surface area contributed by atoms with E-state index in [-0.39, 0.29) is 17.6 Å². The first-order valence-corrected chi connectivity index (χ1v) is 9.38. The summed E-state index contributed by atoms with van der Waals surface area (Å²) < 4.78 is 13.3. The van der Waals surface area contributed by atoms with Crippen LogP contribution in [0.3, 0.4) is 0 Å². The molecule has 28 heavy (non-hydrogen) atoms. The molecule has 142 valence electrons. The Balaban J connectivity index is 1.38. The van der Waals surface area contributed by atoms with Gasteiger partial charge in [0.1, 0.15) is 18.0 Å². The number of hydrogen-bond donors (Lipinski definition) is 1. The second kappa shape index (κ2) is 8.17. The number of carbonyl (C=O) groups excluding carboxylic acids is 1. The van der Waals surface area contributed by atoms with E-state index in [1.807, 2.05) is 36.4 Å². The average Bonchev–Trinajstić information content (AvgIpc) is 2.75. The van der Waals surface area contributed by atoms with Gasteiger partial charge in [-0.25, -0.2) is 14.4 Å². The first-order valence-electron chi connectivity index (χ1n) is 9.38. The average molecular weight is 376 g/mol. The molecule has 1 amide bonds. The van der Waals surface area contributed by atoms with Crippen LogP contribution in [-0.4, -0.2) is 29.0 Å². The number of piperidine rings is 1. The Morgan fingerprint density at radius 1 is 1.00 bits per heavy atom. The molecule has 1 N–H and O–H groups in total. The minimum Gasteiger partial charge on any atom is -0.356 e. The molecule has 6 heteroatoms. The van der Waals surface area contributed by atoms with Gasteiger partial charge in [-0.3, -0.25) is 4.79 Å². The molecule has 1 aliphatic rings. The van der Waals surface area contributed by atoms with Gasteiger partial charge in [0, 0.05) is 36.3 Å². The summed E-state index contributed by atoms with van der Waals surface area (Å²) in [7, 11) is 0. The first-order chi connectivity index (χ1) is 13.7. The quantitative estimate of drug-likeness (QED) is 0.744. The molecule has 0 radical (unpaired) electrons. The number of nitrogens with one attached hydrogen (secondary N) is 1. The molecule has 1 aliphatic heterocycles. The van der Waals surface area contributed by atoms with Gasteiger partial charge in [-0.1, -0.05) is 36.4 Å². The summed E-state index contributed by atoms with van der Waals surface area (Å²) >= 11 is 0. The van der Waals surface area contributed by atoms with Crippen molar-refractivity contribution in [2.75, 3.05) is 23.3 Å². The smallest absolute Gasteiger partial charge is 0.227 e. The number of nitrogens with zero attached hydrogens (tertiary/aromatic N) is 3. The number of benzene rings is 2. The Hall–Kier alpha value is -3.28. The summed E-state index contributed by atoms with van der Waals surface area (Å²) in [5.41, 5.74) is 2.43. The molecular weight excluding hydrogens is 355 g/mol. The molecule has 2 aromatic carbocycles. The lowest BCUT2D eigenvalue weighted by Crippen LogP contribution is -2.38. The van der Waals surface area contributed by atoms with E-state index < -0.39 is 0 Å². The summed E-state index contributed by atoms with van der Waals surface area (Å²) in [5.74, 6) is 0.372. The topological polar surface area (TPSA) is 58.1 Å². The first kappa shape index (κ1) is 18.1. The fourth-order valence-corrected chi connectivity index (χ4v) is 3.47. The summed E-state index contributed by atoms with van der Waals surface area (Å²) in [4.78, 5) is 23.4. The van der Waals surface area contributed by atoms with E-state index in [1.165, 1.54) is 12.1 Å². The van der Waals surface area contributed by atoms with Crippen LogP contribution < -0.4 is 10.2 Å². The van der Waals surface area contributed by atoms with Crippen molar-refractivity contribution in [3.63, 3.8) is 0 Å². The number of aromatic nitrogens is 2. The third-order valence-corrected chi connectivity index (χ3v) is 5.00. The van der Waals surface area contributed by atoms with Crippen molar-refractivity contribution in [1.29, 1.82) is 0 Å². The number of carbonyl (C=O) groups is 1. The zero-order valence-corrected chi connectivity index (χ0v) is 15.4. The Morgan fingerprint density at radius 2 is 1.79 bits per heavy atom. The summed E-state index contributed by atoms with van der Waals surface area (Å²) in [5, 5.41) is 2.81.